The van der Waals surface area contributed by atoms with Gasteiger partial charge in [-0.25, -0.2) is 4.98 Å². The first-order valence-electron chi connectivity index (χ1n) is 7.35. The van der Waals surface area contributed by atoms with Crippen LogP contribution in [0.4, 0.5) is 0 Å². The van der Waals surface area contributed by atoms with Gasteiger partial charge in [-0.15, -0.1) is 0 Å². The van der Waals surface area contributed by atoms with Gasteiger partial charge in [-0.3, -0.25) is 0 Å². The Bertz CT molecular complexity index is 729. The third-order valence-electron chi connectivity index (χ3n) is 3.94. The molecule has 0 N–H and O–H groups in total. The molecule has 0 amide bonds. The zero-order valence-corrected chi connectivity index (χ0v) is 12.4. The molecule has 0 atom stereocenters. The van der Waals surface area contributed by atoms with Gasteiger partial charge in [0, 0.05) is 5.69 Å². The van der Waals surface area contributed by atoms with Crippen molar-refractivity contribution >= 4 is 0 Å². The lowest BCUT2D eigenvalue weighted by atomic mass is 9.95. The molecular weight excluding hydrogens is 260 g/mol. The van der Waals surface area contributed by atoms with Crippen molar-refractivity contribution < 1.29 is 4.74 Å². The fourth-order valence-corrected chi connectivity index (χ4v) is 2.69. The first-order valence-corrected chi connectivity index (χ1v) is 7.35. The van der Waals surface area contributed by atoms with Crippen molar-refractivity contribution in [3.8, 4) is 17.7 Å². The van der Waals surface area contributed by atoms with Gasteiger partial charge in [0.25, 0.3) is 0 Å². The zero-order valence-electron chi connectivity index (χ0n) is 12.4. The predicted molar refractivity (Wildman–Crippen MR) is 81.6 cm³/mol. The van der Waals surface area contributed by atoms with E-state index in [2.05, 4.69) is 11.1 Å². The van der Waals surface area contributed by atoms with Gasteiger partial charge in [-0.05, 0) is 68.4 Å². The number of ether oxygens (including phenoxy) is 1. The molecule has 3 nitrogen and oxygen atoms in total. The molecule has 0 unspecified atom stereocenters. The molecule has 1 aromatic carbocycles. The Morgan fingerprint density at radius 2 is 1.95 bits per heavy atom. The van der Waals surface area contributed by atoms with Crippen LogP contribution in [0.25, 0.3) is 0 Å². The first kappa shape index (κ1) is 13.6. The molecule has 0 radical (unpaired) electrons. The summed E-state index contributed by atoms with van der Waals surface area (Å²) in [4.78, 5) is 4.61. The second-order valence-corrected chi connectivity index (χ2v) is 5.64. The smallest absolute Gasteiger partial charge is 0.237 e. The number of aryl methyl sites for hydroxylation is 4. The molecule has 0 aliphatic heterocycles. The highest BCUT2D eigenvalue weighted by molar-refractivity contribution is 5.47. The predicted octanol–water partition coefficient (Wildman–Crippen LogP) is 4.24. The van der Waals surface area contributed by atoms with Crippen LogP contribution in [-0.4, -0.2) is 4.98 Å². The van der Waals surface area contributed by atoms with Crippen LogP contribution in [0.15, 0.2) is 24.3 Å². The number of nitriles is 1. The maximum absolute atomic E-state index is 9.35. The Morgan fingerprint density at radius 3 is 2.76 bits per heavy atom. The van der Waals surface area contributed by atoms with Gasteiger partial charge in [0.05, 0.1) is 0 Å². The Balaban J connectivity index is 2.02. The Hall–Kier alpha value is -2.34. The van der Waals surface area contributed by atoms with E-state index in [0.717, 1.165) is 41.8 Å². The number of pyridine rings is 1. The average Bonchev–Trinajstić information content (AvgIpc) is 2.50. The third-order valence-corrected chi connectivity index (χ3v) is 3.94. The lowest BCUT2D eigenvalue weighted by molar-refractivity contribution is 0.452. The molecule has 3 rings (SSSR count). The summed E-state index contributed by atoms with van der Waals surface area (Å²) in [5.74, 6) is 1.21. The van der Waals surface area contributed by atoms with Crippen LogP contribution < -0.4 is 4.74 Å². The van der Waals surface area contributed by atoms with Gasteiger partial charge in [0.2, 0.25) is 5.88 Å². The second-order valence-electron chi connectivity index (χ2n) is 5.64. The van der Waals surface area contributed by atoms with Gasteiger partial charge in [0.1, 0.15) is 17.4 Å². The minimum Gasteiger partial charge on any atom is -0.437 e. The third kappa shape index (κ3) is 2.75. The minimum atomic E-state index is 0.437. The van der Waals surface area contributed by atoms with E-state index in [1.165, 1.54) is 12.0 Å². The van der Waals surface area contributed by atoms with Gasteiger partial charge in [-0.1, -0.05) is 12.1 Å². The molecule has 1 aliphatic rings. The maximum Gasteiger partial charge on any atom is 0.237 e. The summed E-state index contributed by atoms with van der Waals surface area (Å²) in [7, 11) is 0. The molecule has 2 aromatic rings. The van der Waals surface area contributed by atoms with Crippen LogP contribution in [0.5, 0.6) is 11.6 Å². The minimum absolute atomic E-state index is 0.437. The van der Waals surface area contributed by atoms with E-state index in [1.807, 2.05) is 38.1 Å². The van der Waals surface area contributed by atoms with Crippen LogP contribution in [0.2, 0.25) is 0 Å². The van der Waals surface area contributed by atoms with E-state index in [0.29, 0.717) is 11.4 Å². The summed E-state index contributed by atoms with van der Waals surface area (Å²) in [5, 5.41) is 9.35. The largest absolute Gasteiger partial charge is 0.437 e. The lowest BCUT2D eigenvalue weighted by Crippen LogP contribution is -2.07. The molecule has 1 heterocycles. The molecule has 1 aliphatic carbocycles. The SMILES string of the molecule is Cc1ccc(C)c(Oc2nc3c(cc2C#N)CCCC3)c1. The van der Waals surface area contributed by atoms with Crippen molar-refractivity contribution in [1.29, 1.82) is 5.26 Å². The van der Waals surface area contributed by atoms with Crippen molar-refractivity contribution in [1.82, 2.24) is 4.98 Å². The number of nitrogens with zero attached hydrogens (tertiary/aromatic N) is 2. The van der Waals surface area contributed by atoms with E-state index in [-0.39, 0.29) is 0 Å². The van der Waals surface area contributed by atoms with Crippen LogP contribution in [0.3, 0.4) is 0 Å². The molecule has 1 aromatic heterocycles. The topological polar surface area (TPSA) is 45.9 Å². The van der Waals surface area contributed by atoms with Gasteiger partial charge in [-0.2, -0.15) is 5.26 Å². The Morgan fingerprint density at radius 1 is 1.14 bits per heavy atom. The summed E-state index contributed by atoms with van der Waals surface area (Å²) < 4.78 is 5.94. The van der Waals surface area contributed by atoms with E-state index in [1.54, 1.807) is 0 Å². The van der Waals surface area contributed by atoms with Crippen molar-refractivity contribution in [2.75, 3.05) is 0 Å². The average molecular weight is 278 g/mol. The number of aromatic nitrogens is 1. The zero-order chi connectivity index (χ0) is 14.8. The maximum atomic E-state index is 9.35. The van der Waals surface area contributed by atoms with Crippen molar-refractivity contribution in [3.05, 3.63) is 52.2 Å². The van der Waals surface area contributed by atoms with E-state index in [9.17, 15) is 5.26 Å². The molecule has 0 saturated heterocycles. The molecule has 21 heavy (non-hydrogen) atoms. The van der Waals surface area contributed by atoms with Gasteiger partial charge < -0.3 is 4.74 Å². The van der Waals surface area contributed by atoms with E-state index in [4.69, 9.17) is 4.74 Å². The summed E-state index contributed by atoms with van der Waals surface area (Å²) in [6, 6.07) is 10.2. The van der Waals surface area contributed by atoms with Crippen molar-refractivity contribution in [3.63, 3.8) is 0 Å². The van der Waals surface area contributed by atoms with Crippen LogP contribution in [0.1, 0.15) is 40.8 Å². The Kier molecular flexibility index (Phi) is 3.62. The number of hydrogen-bond acceptors (Lipinski definition) is 3. The monoisotopic (exact) mass is 278 g/mol. The summed E-state index contributed by atoms with van der Waals surface area (Å²) in [6.07, 6.45) is 4.33. The highest BCUT2D eigenvalue weighted by Crippen LogP contribution is 2.30. The lowest BCUT2D eigenvalue weighted by Gasteiger charge is -2.17. The molecule has 0 bridgehead atoms. The van der Waals surface area contributed by atoms with E-state index >= 15 is 0 Å². The molecule has 0 spiro atoms. The molecule has 106 valence electrons. The number of fused-ring (bicyclic) bond motifs is 1. The summed E-state index contributed by atoms with van der Waals surface area (Å²) >= 11 is 0. The summed E-state index contributed by atoms with van der Waals surface area (Å²) in [6.45, 7) is 4.02. The van der Waals surface area contributed by atoms with E-state index < -0.39 is 0 Å². The van der Waals surface area contributed by atoms with Crippen LogP contribution >= 0.6 is 0 Å². The van der Waals surface area contributed by atoms with Crippen LogP contribution in [0, 0.1) is 25.2 Å². The van der Waals surface area contributed by atoms with Gasteiger partial charge >= 0.3 is 0 Å². The highest BCUT2D eigenvalue weighted by atomic mass is 16.5. The van der Waals surface area contributed by atoms with Gasteiger partial charge in [0.15, 0.2) is 0 Å². The number of rotatable bonds is 2. The molecule has 0 saturated carbocycles. The standard InChI is InChI=1S/C18H18N2O/c1-12-7-8-13(2)17(9-12)21-18-15(11-19)10-14-5-3-4-6-16(14)20-18/h7-10H,3-6H2,1-2H3. The molecule has 0 fully saturated rings. The van der Waals surface area contributed by atoms with Crippen molar-refractivity contribution in [2.45, 2.75) is 39.5 Å². The summed E-state index contributed by atoms with van der Waals surface area (Å²) in [5.41, 5.74) is 4.99. The fraction of sp³-hybridized carbons (Fsp3) is 0.333. The quantitative estimate of drug-likeness (QED) is 0.825. The second kappa shape index (κ2) is 5.57. The highest BCUT2D eigenvalue weighted by Gasteiger charge is 2.17. The fourth-order valence-electron chi connectivity index (χ4n) is 2.69. The number of benzene rings is 1. The van der Waals surface area contributed by atoms with Crippen molar-refractivity contribution in [2.24, 2.45) is 0 Å². The first-order chi connectivity index (χ1) is 10.2. The number of hydrogen-bond donors (Lipinski definition) is 0. The normalized spacial score (nSPS) is 13.4. The van der Waals surface area contributed by atoms with Crippen LogP contribution in [-0.2, 0) is 12.8 Å². The molecule has 3 heteroatoms. The Labute approximate surface area is 125 Å². The molecular formula is C18H18N2O.